The first kappa shape index (κ1) is 20.4. The lowest BCUT2D eigenvalue weighted by molar-refractivity contribution is 0.278. The molecule has 5 nitrogen and oxygen atoms in total. The van der Waals surface area contributed by atoms with Crippen LogP contribution in [0.15, 0.2) is 54.7 Å². The molecule has 0 aliphatic carbocycles. The highest BCUT2D eigenvalue weighted by Gasteiger charge is 2.29. The number of para-hydroxylation sites is 1. The monoisotopic (exact) mass is 431 g/mol. The maximum atomic E-state index is 13.0. The Morgan fingerprint density at radius 3 is 2.72 bits per heavy atom. The summed E-state index contributed by atoms with van der Waals surface area (Å²) in [5.74, 6) is 0.185. The third kappa shape index (κ3) is 4.36. The van der Waals surface area contributed by atoms with Gasteiger partial charge in [0, 0.05) is 47.7 Å². The van der Waals surface area contributed by atoms with E-state index in [0.717, 1.165) is 34.9 Å². The minimum Gasteiger partial charge on any atom is -0.361 e. The van der Waals surface area contributed by atoms with Crippen molar-refractivity contribution in [2.24, 2.45) is 5.92 Å². The first-order chi connectivity index (χ1) is 14.0. The van der Waals surface area contributed by atoms with Crippen LogP contribution >= 0.6 is 11.6 Å². The van der Waals surface area contributed by atoms with E-state index in [2.05, 4.69) is 16.6 Å². The molecule has 3 aromatic rings. The number of H-pyrrole nitrogens is 1. The van der Waals surface area contributed by atoms with Crippen LogP contribution in [0.4, 0.5) is 0 Å². The molecular formula is C22H26ClN3O2S. The SMILES string of the molecule is C[C@@H]1CCCN(S(=O)(=O)NC[C@H](c2ccccc2Cl)c2c[nH]c3ccccc23)C1. The molecule has 2 aromatic carbocycles. The van der Waals surface area contributed by atoms with Crippen LogP contribution in [0.25, 0.3) is 10.9 Å². The van der Waals surface area contributed by atoms with Gasteiger partial charge in [-0.3, -0.25) is 0 Å². The predicted octanol–water partition coefficient (Wildman–Crippen LogP) is 4.52. The number of nitrogens with zero attached hydrogens (tertiary/aromatic N) is 1. The molecule has 2 N–H and O–H groups in total. The molecule has 1 saturated heterocycles. The van der Waals surface area contributed by atoms with Crippen LogP contribution in [0.2, 0.25) is 5.02 Å². The van der Waals surface area contributed by atoms with Gasteiger partial charge >= 0.3 is 0 Å². The Hall–Kier alpha value is -1.86. The lowest BCUT2D eigenvalue weighted by Gasteiger charge is -2.30. The van der Waals surface area contributed by atoms with Crippen LogP contribution < -0.4 is 4.72 Å². The van der Waals surface area contributed by atoms with Gasteiger partial charge in [0.05, 0.1) is 0 Å². The van der Waals surface area contributed by atoms with Gasteiger partial charge in [0.15, 0.2) is 0 Å². The van der Waals surface area contributed by atoms with Gasteiger partial charge in [-0.15, -0.1) is 0 Å². The maximum absolute atomic E-state index is 13.0. The molecule has 29 heavy (non-hydrogen) atoms. The van der Waals surface area contributed by atoms with E-state index < -0.39 is 10.2 Å². The zero-order valence-corrected chi connectivity index (χ0v) is 18.0. The Bertz CT molecular complexity index is 1100. The van der Waals surface area contributed by atoms with E-state index in [1.165, 1.54) is 0 Å². The number of piperidine rings is 1. The standard InChI is InChI=1S/C22H26ClN3O2S/c1-16-7-6-12-26(15-16)29(27,28)25-14-20(17-8-2-4-10-21(17)23)19-13-24-22-11-5-3-9-18(19)22/h2-5,8-11,13,16,20,24-25H,6-7,12,14-15H2,1H3/t16-,20-/m1/s1. The smallest absolute Gasteiger partial charge is 0.279 e. The van der Waals surface area contributed by atoms with E-state index in [1.54, 1.807) is 4.31 Å². The van der Waals surface area contributed by atoms with Crippen LogP contribution in [0.3, 0.4) is 0 Å². The van der Waals surface area contributed by atoms with Crippen molar-refractivity contribution in [3.63, 3.8) is 0 Å². The summed E-state index contributed by atoms with van der Waals surface area (Å²) in [6.07, 6.45) is 3.93. The highest BCUT2D eigenvalue weighted by atomic mass is 35.5. The second-order valence-electron chi connectivity index (χ2n) is 7.82. The van der Waals surface area contributed by atoms with Crippen molar-refractivity contribution < 1.29 is 8.42 Å². The van der Waals surface area contributed by atoms with Gasteiger partial charge in [0.1, 0.15) is 0 Å². The number of hydrogen-bond acceptors (Lipinski definition) is 2. The summed E-state index contributed by atoms with van der Waals surface area (Å²) in [5.41, 5.74) is 2.96. The first-order valence-corrected chi connectivity index (χ1v) is 11.8. The van der Waals surface area contributed by atoms with Crippen molar-refractivity contribution in [3.05, 3.63) is 70.9 Å². The van der Waals surface area contributed by atoms with Crippen molar-refractivity contribution in [2.45, 2.75) is 25.7 Å². The Morgan fingerprint density at radius 2 is 1.93 bits per heavy atom. The summed E-state index contributed by atoms with van der Waals surface area (Å²) in [7, 11) is -3.55. The zero-order valence-electron chi connectivity index (χ0n) is 16.4. The topological polar surface area (TPSA) is 65.2 Å². The van der Waals surface area contributed by atoms with Crippen molar-refractivity contribution in [1.29, 1.82) is 0 Å². The molecule has 2 heterocycles. The molecule has 1 aliphatic heterocycles. The summed E-state index contributed by atoms with van der Waals surface area (Å²) in [6, 6.07) is 15.7. The van der Waals surface area contributed by atoms with Gasteiger partial charge in [0.25, 0.3) is 10.2 Å². The Balaban J connectivity index is 1.66. The van der Waals surface area contributed by atoms with Gasteiger partial charge < -0.3 is 4.98 Å². The Labute approximate surface area is 177 Å². The summed E-state index contributed by atoms with van der Waals surface area (Å²) in [5, 5.41) is 1.71. The summed E-state index contributed by atoms with van der Waals surface area (Å²) in [4.78, 5) is 3.29. The fourth-order valence-corrected chi connectivity index (χ4v) is 5.82. The van der Waals surface area contributed by atoms with E-state index in [1.807, 2.05) is 54.7 Å². The average Bonchev–Trinajstić information content (AvgIpc) is 3.13. The molecule has 4 rings (SSSR count). The van der Waals surface area contributed by atoms with Gasteiger partial charge in [0.2, 0.25) is 0 Å². The highest BCUT2D eigenvalue weighted by Crippen LogP contribution is 2.34. The molecular weight excluding hydrogens is 406 g/mol. The van der Waals surface area contributed by atoms with Gasteiger partial charge in [-0.2, -0.15) is 12.7 Å². The quantitative estimate of drug-likeness (QED) is 0.602. The van der Waals surface area contributed by atoms with Gasteiger partial charge in [-0.1, -0.05) is 54.9 Å². The molecule has 154 valence electrons. The lowest BCUT2D eigenvalue weighted by atomic mass is 9.91. The molecule has 1 fully saturated rings. The second kappa shape index (κ2) is 8.48. The highest BCUT2D eigenvalue weighted by molar-refractivity contribution is 7.87. The fraction of sp³-hybridized carbons (Fsp3) is 0.364. The van der Waals surface area contributed by atoms with Crippen LogP contribution in [0.1, 0.15) is 36.8 Å². The van der Waals surface area contributed by atoms with Gasteiger partial charge in [-0.05, 0) is 42.0 Å². The largest absolute Gasteiger partial charge is 0.361 e. The third-order valence-corrected chi connectivity index (χ3v) is 7.59. The summed E-state index contributed by atoms with van der Waals surface area (Å²) in [6.45, 7) is 3.49. The number of aromatic amines is 1. The van der Waals surface area contributed by atoms with Crippen LogP contribution in [-0.4, -0.2) is 37.3 Å². The van der Waals surface area contributed by atoms with Crippen molar-refractivity contribution in [3.8, 4) is 0 Å². The number of rotatable bonds is 6. The Kier molecular flexibility index (Phi) is 5.97. The minimum absolute atomic E-state index is 0.197. The van der Waals surface area contributed by atoms with Crippen LogP contribution in [0, 0.1) is 5.92 Å². The molecule has 2 atom stereocenters. The van der Waals surface area contributed by atoms with E-state index >= 15 is 0 Å². The lowest BCUT2D eigenvalue weighted by Crippen LogP contribution is -2.46. The number of benzene rings is 2. The molecule has 0 unspecified atom stereocenters. The van der Waals surface area contributed by atoms with Gasteiger partial charge in [-0.25, -0.2) is 4.72 Å². The van der Waals surface area contributed by atoms with E-state index in [-0.39, 0.29) is 12.5 Å². The van der Waals surface area contributed by atoms with Crippen molar-refractivity contribution >= 4 is 32.7 Å². The maximum Gasteiger partial charge on any atom is 0.279 e. The van der Waals surface area contributed by atoms with Crippen molar-refractivity contribution in [1.82, 2.24) is 14.0 Å². The number of fused-ring (bicyclic) bond motifs is 1. The van der Waals surface area contributed by atoms with E-state index in [9.17, 15) is 8.42 Å². The van der Waals surface area contributed by atoms with Crippen LogP contribution in [0.5, 0.6) is 0 Å². The molecule has 1 aliphatic rings. The molecule has 0 spiro atoms. The average molecular weight is 432 g/mol. The second-order valence-corrected chi connectivity index (χ2v) is 9.99. The third-order valence-electron chi connectivity index (χ3n) is 5.71. The molecule has 7 heteroatoms. The number of nitrogens with one attached hydrogen (secondary N) is 2. The number of aromatic nitrogens is 1. The Morgan fingerprint density at radius 1 is 1.17 bits per heavy atom. The van der Waals surface area contributed by atoms with E-state index in [0.29, 0.717) is 24.0 Å². The molecule has 0 bridgehead atoms. The zero-order chi connectivity index (χ0) is 20.4. The van der Waals surface area contributed by atoms with Crippen LogP contribution in [-0.2, 0) is 10.2 Å². The normalized spacial score (nSPS) is 19.4. The molecule has 1 aromatic heterocycles. The minimum atomic E-state index is -3.55. The predicted molar refractivity (Wildman–Crippen MR) is 118 cm³/mol. The summed E-state index contributed by atoms with van der Waals surface area (Å²) >= 11 is 6.51. The number of halogens is 1. The summed E-state index contributed by atoms with van der Waals surface area (Å²) < 4.78 is 30.3. The molecule has 0 amide bonds. The van der Waals surface area contributed by atoms with E-state index in [4.69, 9.17) is 11.6 Å². The fourth-order valence-electron chi connectivity index (χ4n) is 4.17. The molecule has 0 saturated carbocycles. The first-order valence-electron chi connectivity index (χ1n) is 10.0. The number of hydrogen-bond donors (Lipinski definition) is 2. The van der Waals surface area contributed by atoms with Crippen molar-refractivity contribution in [2.75, 3.05) is 19.6 Å². The molecule has 0 radical (unpaired) electrons.